The SMILES string of the molecule is CCCCCc1noc([C@H](CC)NC(=O)[C@H](Cc2ccc(OP(=O)(O)O)cc2)NC(C)=O)n1. The van der Waals surface area contributed by atoms with E-state index in [2.05, 4.69) is 32.2 Å². The van der Waals surface area contributed by atoms with Gasteiger partial charge in [0.1, 0.15) is 17.8 Å². The maximum atomic E-state index is 13.0. The van der Waals surface area contributed by atoms with Gasteiger partial charge in [-0.2, -0.15) is 4.98 Å². The Morgan fingerprint density at radius 1 is 1.15 bits per heavy atom. The molecule has 2 atom stereocenters. The third kappa shape index (κ3) is 9.33. The third-order valence-electron chi connectivity index (χ3n) is 4.79. The zero-order valence-corrected chi connectivity index (χ0v) is 19.9. The van der Waals surface area contributed by atoms with Gasteiger partial charge in [-0.25, -0.2) is 4.57 Å². The fraction of sp³-hybridized carbons (Fsp3) is 0.524. The molecule has 11 nitrogen and oxygen atoms in total. The summed E-state index contributed by atoms with van der Waals surface area (Å²) in [5.41, 5.74) is 0.658. The van der Waals surface area contributed by atoms with Gasteiger partial charge in [0.15, 0.2) is 5.82 Å². The zero-order valence-electron chi connectivity index (χ0n) is 19.0. The molecule has 2 amide bonds. The van der Waals surface area contributed by atoms with Crippen LogP contribution in [0.2, 0.25) is 0 Å². The van der Waals surface area contributed by atoms with E-state index in [0.29, 0.717) is 30.1 Å². The highest BCUT2D eigenvalue weighted by molar-refractivity contribution is 7.46. The second kappa shape index (κ2) is 12.5. The van der Waals surface area contributed by atoms with E-state index in [1.54, 1.807) is 12.1 Å². The number of carbonyl (C=O) groups is 2. The Morgan fingerprint density at radius 2 is 1.85 bits per heavy atom. The highest BCUT2D eigenvalue weighted by Gasteiger charge is 2.26. The second-order valence-corrected chi connectivity index (χ2v) is 8.82. The van der Waals surface area contributed by atoms with Crippen LogP contribution in [0.3, 0.4) is 0 Å². The molecule has 1 aromatic carbocycles. The van der Waals surface area contributed by atoms with Crippen molar-refractivity contribution in [2.75, 3.05) is 0 Å². The topological polar surface area (TPSA) is 164 Å². The van der Waals surface area contributed by atoms with Gasteiger partial charge < -0.3 is 19.7 Å². The Bertz CT molecular complexity index is 958. The molecule has 33 heavy (non-hydrogen) atoms. The minimum Gasteiger partial charge on any atom is -0.404 e. The molecule has 0 aliphatic rings. The summed E-state index contributed by atoms with van der Waals surface area (Å²) in [6, 6.07) is 4.50. The van der Waals surface area contributed by atoms with Crippen molar-refractivity contribution in [3.63, 3.8) is 0 Å². The van der Waals surface area contributed by atoms with Gasteiger partial charge in [-0.15, -0.1) is 0 Å². The lowest BCUT2D eigenvalue weighted by Crippen LogP contribution is -2.48. The Labute approximate surface area is 192 Å². The Morgan fingerprint density at radius 3 is 2.42 bits per heavy atom. The number of amides is 2. The maximum Gasteiger partial charge on any atom is 0.524 e. The first kappa shape index (κ1) is 26.5. The van der Waals surface area contributed by atoms with E-state index in [4.69, 9.17) is 14.3 Å². The summed E-state index contributed by atoms with van der Waals surface area (Å²) in [5.74, 6) is 0.115. The van der Waals surface area contributed by atoms with Gasteiger partial charge in [0.2, 0.25) is 17.7 Å². The van der Waals surface area contributed by atoms with Crippen molar-refractivity contribution >= 4 is 19.6 Å². The molecule has 1 heterocycles. The van der Waals surface area contributed by atoms with Crippen molar-refractivity contribution in [3.05, 3.63) is 41.5 Å². The number of aryl methyl sites for hydroxylation is 1. The maximum absolute atomic E-state index is 13.0. The first-order valence-electron chi connectivity index (χ1n) is 10.8. The molecule has 0 saturated heterocycles. The van der Waals surface area contributed by atoms with Gasteiger partial charge in [0.25, 0.3) is 0 Å². The monoisotopic (exact) mass is 482 g/mol. The third-order valence-corrected chi connectivity index (χ3v) is 5.24. The number of carbonyl (C=O) groups excluding carboxylic acids is 2. The molecular weight excluding hydrogens is 451 g/mol. The molecule has 1 aromatic heterocycles. The summed E-state index contributed by atoms with van der Waals surface area (Å²) in [4.78, 5) is 46.8. The summed E-state index contributed by atoms with van der Waals surface area (Å²) in [7, 11) is -4.66. The van der Waals surface area contributed by atoms with E-state index >= 15 is 0 Å². The lowest BCUT2D eigenvalue weighted by molar-refractivity contribution is -0.128. The number of rotatable bonds is 13. The summed E-state index contributed by atoms with van der Waals surface area (Å²) >= 11 is 0. The molecule has 0 aliphatic heterocycles. The highest BCUT2D eigenvalue weighted by Crippen LogP contribution is 2.37. The summed E-state index contributed by atoms with van der Waals surface area (Å²) < 4.78 is 20.8. The van der Waals surface area contributed by atoms with Crippen LogP contribution in [0.15, 0.2) is 28.8 Å². The summed E-state index contributed by atoms with van der Waals surface area (Å²) in [6.45, 7) is 5.30. The van der Waals surface area contributed by atoms with Crippen molar-refractivity contribution in [2.24, 2.45) is 0 Å². The Hall–Kier alpha value is -2.75. The van der Waals surface area contributed by atoms with Gasteiger partial charge in [0, 0.05) is 19.8 Å². The molecule has 0 radical (unpaired) electrons. The summed E-state index contributed by atoms with van der Waals surface area (Å²) in [5, 5.41) is 9.47. The molecule has 12 heteroatoms. The van der Waals surface area contributed by atoms with E-state index in [9.17, 15) is 14.2 Å². The van der Waals surface area contributed by atoms with E-state index in [0.717, 1.165) is 19.3 Å². The average Bonchev–Trinajstić information content (AvgIpc) is 3.20. The predicted molar refractivity (Wildman–Crippen MR) is 119 cm³/mol. The first-order chi connectivity index (χ1) is 15.6. The van der Waals surface area contributed by atoms with Crippen LogP contribution in [-0.2, 0) is 27.0 Å². The fourth-order valence-corrected chi connectivity index (χ4v) is 3.56. The van der Waals surface area contributed by atoms with Crippen LogP contribution in [0.1, 0.15) is 69.8 Å². The molecule has 2 rings (SSSR count). The second-order valence-electron chi connectivity index (χ2n) is 7.66. The number of phosphoric acid groups is 1. The minimum atomic E-state index is -4.66. The fourth-order valence-electron chi connectivity index (χ4n) is 3.17. The molecule has 0 saturated carbocycles. The number of hydrogen-bond acceptors (Lipinski definition) is 7. The van der Waals surface area contributed by atoms with E-state index in [1.165, 1.54) is 19.1 Å². The van der Waals surface area contributed by atoms with Crippen LogP contribution < -0.4 is 15.2 Å². The van der Waals surface area contributed by atoms with E-state index in [1.807, 2.05) is 6.92 Å². The van der Waals surface area contributed by atoms with Crippen LogP contribution in [0.25, 0.3) is 0 Å². The van der Waals surface area contributed by atoms with Gasteiger partial charge in [-0.05, 0) is 30.5 Å². The van der Waals surface area contributed by atoms with Crippen molar-refractivity contribution in [2.45, 2.75) is 71.4 Å². The molecule has 0 spiro atoms. The normalized spacial score (nSPS) is 13.2. The van der Waals surface area contributed by atoms with Crippen molar-refractivity contribution in [1.82, 2.24) is 20.8 Å². The van der Waals surface area contributed by atoms with Crippen LogP contribution >= 0.6 is 7.82 Å². The van der Waals surface area contributed by atoms with Crippen LogP contribution in [-0.4, -0.2) is 37.8 Å². The number of aromatic nitrogens is 2. The summed E-state index contributed by atoms with van der Waals surface area (Å²) in [6.07, 6.45) is 4.50. The minimum absolute atomic E-state index is 0.00945. The largest absolute Gasteiger partial charge is 0.524 e. The number of unbranched alkanes of at least 4 members (excludes halogenated alkanes) is 2. The number of benzene rings is 1. The van der Waals surface area contributed by atoms with Crippen LogP contribution in [0, 0.1) is 0 Å². The van der Waals surface area contributed by atoms with Crippen LogP contribution in [0.4, 0.5) is 0 Å². The molecule has 0 aliphatic carbocycles. The van der Waals surface area contributed by atoms with Gasteiger partial charge >= 0.3 is 7.82 Å². The number of phosphoric ester groups is 1. The van der Waals surface area contributed by atoms with E-state index in [-0.39, 0.29) is 18.1 Å². The van der Waals surface area contributed by atoms with E-state index < -0.39 is 25.8 Å². The number of hydrogen-bond donors (Lipinski definition) is 4. The van der Waals surface area contributed by atoms with Crippen molar-refractivity contribution in [1.29, 1.82) is 0 Å². The quantitative estimate of drug-likeness (QED) is 0.248. The molecule has 182 valence electrons. The predicted octanol–water partition coefficient (Wildman–Crippen LogP) is 2.59. The van der Waals surface area contributed by atoms with Gasteiger partial charge in [-0.3, -0.25) is 19.4 Å². The highest BCUT2D eigenvalue weighted by atomic mass is 31.2. The molecule has 0 fully saturated rings. The Kier molecular flexibility index (Phi) is 10.0. The average molecular weight is 482 g/mol. The van der Waals surface area contributed by atoms with Crippen molar-refractivity contribution in [3.8, 4) is 5.75 Å². The lowest BCUT2D eigenvalue weighted by atomic mass is 10.0. The number of nitrogens with zero attached hydrogens (tertiary/aromatic N) is 2. The van der Waals surface area contributed by atoms with Gasteiger partial charge in [-0.1, -0.05) is 44.0 Å². The molecule has 0 bridgehead atoms. The van der Waals surface area contributed by atoms with Crippen LogP contribution in [0.5, 0.6) is 5.75 Å². The van der Waals surface area contributed by atoms with Gasteiger partial charge in [0.05, 0.1) is 0 Å². The molecule has 4 N–H and O–H groups in total. The zero-order chi connectivity index (χ0) is 24.4. The Balaban J connectivity index is 2.06. The smallest absolute Gasteiger partial charge is 0.404 e. The molecular formula is C21H31N4O7P. The van der Waals surface area contributed by atoms with Crippen molar-refractivity contribution < 1.29 is 33.0 Å². The molecule has 2 aromatic rings. The first-order valence-corrected chi connectivity index (χ1v) is 12.4. The standard InChI is InChI=1S/C21H31N4O7P/c1-4-6-7-8-19-24-21(31-25-19)17(5-2)23-20(27)18(22-14(3)26)13-15-9-11-16(12-10-15)32-33(28,29)30/h9-12,17-18H,4-8,13H2,1-3H3,(H,22,26)(H,23,27)(H2,28,29,30)/t17-,18-/m0/s1. The molecule has 0 unspecified atom stereocenters. The lowest BCUT2D eigenvalue weighted by Gasteiger charge is -2.21. The number of nitrogens with one attached hydrogen (secondary N) is 2.